The van der Waals surface area contributed by atoms with Gasteiger partial charge in [0, 0.05) is 69.3 Å². The topological polar surface area (TPSA) is 73.5 Å². The van der Waals surface area contributed by atoms with E-state index in [0.717, 1.165) is 75.4 Å². The van der Waals surface area contributed by atoms with Crippen LogP contribution in [0.4, 0.5) is 5.69 Å². The summed E-state index contributed by atoms with van der Waals surface area (Å²) in [6.07, 6.45) is 5.45. The number of aromatic nitrogens is 3. The largest absolute Gasteiger partial charge is 0.370 e. The lowest BCUT2D eigenvalue weighted by molar-refractivity contribution is -0.0489. The van der Waals surface area contributed by atoms with E-state index in [0.29, 0.717) is 11.6 Å². The molecule has 3 aliphatic rings. The lowest BCUT2D eigenvalue weighted by Gasteiger charge is -2.44. The van der Waals surface area contributed by atoms with Gasteiger partial charge in [0.2, 0.25) is 0 Å². The molecule has 0 amide bonds. The molecule has 0 radical (unpaired) electrons. The van der Waals surface area contributed by atoms with Crippen molar-refractivity contribution in [1.29, 1.82) is 5.26 Å². The van der Waals surface area contributed by atoms with Crippen LogP contribution in [-0.2, 0) is 17.7 Å². The molecule has 35 heavy (non-hydrogen) atoms. The van der Waals surface area contributed by atoms with Crippen LogP contribution in [0.2, 0.25) is 0 Å². The molecule has 2 fully saturated rings. The molecule has 3 aromatic rings. The number of rotatable bonds is 5. The summed E-state index contributed by atoms with van der Waals surface area (Å²) >= 11 is 0. The maximum Gasteiger partial charge on any atom is 0.101 e. The van der Waals surface area contributed by atoms with Crippen molar-refractivity contribution in [2.75, 3.05) is 50.7 Å². The van der Waals surface area contributed by atoms with Crippen molar-refractivity contribution in [1.82, 2.24) is 24.6 Å². The summed E-state index contributed by atoms with van der Waals surface area (Å²) in [6, 6.07) is 10.7. The number of nitriles is 1. The summed E-state index contributed by atoms with van der Waals surface area (Å²) < 4.78 is 8.57. The van der Waals surface area contributed by atoms with Crippen LogP contribution < -0.4 is 4.90 Å². The van der Waals surface area contributed by atoms with Crippen molar-refractivity contribution in [3.8, 4) is 6.07 Å². The van der Waals surface area contributed by atoms with Crippen LogP contribution in [0.1, 0.15) is 36.7 Å². The molecule has 0 spiro atoms. The minimum absolute atomic E-state index is 0.144. The second kappa shape index (κ2) is 9.23. The number of hydrogen-bond acceptors (Lipinski definition) is 7. The van der Waals surface area contributed by atoms with Crippen LogP contribution in [0.3, 0.4) is 0 Å². The molecule has 8 nitrogen and oxygen atoms in total. The SMILES string of the molecule is CCN1CCc2cn(C3CN(C[C@H]4CN(c5ccc(C#N)c6ncccc56)C[C@@H](C)O4)C3)nc2C1. The van der Waals surface area contributed by atoms with Gasteiger partial charge in [0.05, 0.1) is 35.0 Å². The fraction of sp³-hybridized carbons (Fsp3) is 0.519. The first kappa shape index (κ1) is 22.5. The first-order chi connectivity index (χ1) is 17.1. The van der Waals surface area contributed by atoms with E-state index in [4.69, 9.17) is 9.84 Å². The third-order valence-electron chi connectivity index (χ3n) is 7.72. The minimum Gasteiger partial charge on any atom is -0.370 e. The number of likely N-dealkylation sites (N-methyl/N-ethyl adjacent to an activating group) is 1. The van der Waals surface area contributed by atoms with E-state index < -0.39 is 0 Å². The van der Waals surface area contributed by atoms with Crippen LogP contribution in [0.15, 0.2) is 36.7 Å². The molecule has 6 rings (SSSR count). The van der Waals surface area contributed by atoms with E-state index in [-0.39, 0.29) is 12.2 Å². The van der Waals surface area contributed by atoms with Crippen LogP contribution in [-0.4, -0.2) is 82.6 Å². The maximum absolute atomic E-state index is 9.49. The van der Waals surface area contributed by atoms with Crippen LogP contribution in [0, 0.1) is 11.3 Å². The molecule has 2 aromatic heterocycles. The van der Waals surface area contributed by atoms with E-state index in [1.54, 1.807) is 6.20 Å². The monoisotopic (exact) mass is 471 g/mol. The molecular formula is C27H33N7O. The van der Waals surface area contributed by atoms with Crippen LogP contribution >= 0.6 is 0 Å². The molecule has 0 N–H and O–H groups in total. The van der Waals surface area contributed by atoms with Gasteiger partial charge in [0.25, 0.3) is 0 Å². The normalized spacial score (nSPS) is 23.7. The van der Waals surface area contributed by atoms with E-state index in [1.165, 1.54) is 11.3 Å². The van der Waals surface area contributed by atoms with E-state index in [2.05, 4.69) is 62.6 Å². The molecule has 3 aliphatic heterocycles. The number of morpholine rings is 1. The lowest BCUT2D eigenvalue weighted by atomic mass is 10.0. The maximum atomic E-state index is 9.49. The average molecular weight is 472 g/mol. The van der Waals surface area contributed by atoms with E-state index in [9.17, 15) is 5.26 Å². The molecule has 0 aliphatic carbocycles. The quantitative estimate of drug-likeness (QED) is 0.567. The third-order valence-corrected chi connectivity index (χ3v) is 7.72. The number of ether oxygens (including phenoxy) is 1. The number of anilines is 1. The Bertz CT molecular complexity index is 1260. The smallest absolute Gasteiger partial charge is 0.101 e. The van der Waals surface area contributed by atoms with Crippen molar-refractivity contribution < 1.29 is 4.74 Å². The van der Waals surface area contributed by atoms with Crippen molar-refractivity contribution in [3.05, 3.63) is 53.5 Å². The summed E-state index contributed by atoms with van der Waals surface area (Å²) in [5.74, 6) is 0. The van der Waals surface area contributed by atoms with Gasteiger partial charge in [0.1, 0.15) is 6.07 Å². The highest BCUT2D eigenvalue weighted by atomic mass is 16.5. The van der Waals surface area contributed by atoms with Crippen LogP contribution in [0.25, 0.3) is 10.9 Å². The summed E-state index contributed by atoms with van der Waals surface area (Å²) in [5, 5.41) is 15.5. The second-order valence-electron chi connectivity index (χ2n) is 10.2. The zero-order chi connectivity index (χ0) is 23.9. The van der Waals surface area contributed by atoms with Gasteiger partial charge in [-0.15, -0.1) is 0 Å². The molecule has 0 bridgehead atoms. The first-order valence-electron chi connectivity index (χ1n) is 12.8. The fourth-order valence-electron chi connectivity index (χ4n) is 5.85. The summed E-state index contributed by atoms with van der Waals surface area (Å²) in [6.45, 7) is 12.2. The highest BCUT2D eigenvalue weighted by molar-refractivity contribution is 5.95. The van der Waals surface area contributed by atoms with Crippen molar-refractivity contribution in [2.24, 2.45) is 0 Å². The van der Waals surface area contributed by atoms with Crippen molar-refractivity contribution >= 4 is 16.6 Å². The Morgan fingerprint density at radius 2 is 2.03 bits per heavy atom. The van der Waals surface area contributed by atoms with Gasteiger partial charge in [-0.2, -0.15) is 10.4 Å². The Kier molecular flexibility index (Phi) is 5.93. The zero-order valence-electron chi connectivity index (χ0n) is 20.6. The van der Waals surface area contributed by atoms with Crippen molar-refractivity contribution in [3.63, 3.8) is 0 Å². The molecule has 5 heterocycles. The van der Waals surface area contributed by atoms with Crippen LogP contribution in [0.5, 0.6) is 0 Å². The highest BCUT2D eigenvalue weighted by Crippen LogP contribution is 2.31. The predicted molar refractivity (Wildman–Crippen MR) is 135 cm³/mol. The molecule has 2 saturated heterocycles. The number of fused-ring (bicyclic) bond motifs is 2. The summed E-state index contributed by atoms with van der Waals surface area (Å²) in [4.78, 5) is 11.8. The Labute approximate surface area is 206 Å². The second-order valence-corrected chi connectivity index (χ2v) is 10.2. The van der Waals surface area contributed by atoms with Gasteiger partial charge in [-0.3, -0.25) is 19.5 Å². The number of hydrogen-bond donors (Lipinski definition) is 0. The van der Waals surface area contributed by atoms with Gasteiger partial charge in [-0.25, -0.2) is 0 Å². The predicted octanol–water partition coefficient (Wildman–Crippen LogP) is 2.83. The van der Waals surface area contributed by atoms with Crippen molar-refractivity contribution in [2.45, 2.75) is 45.1 Å². The Morgan fingerprint density at radius 3 is 2.86 bits per heavy atom. The molecule has 0 saturated carbocycles. The number of benzene rings is 1. The molecular weight excluding hydrogens is 438 g/mol. The van der Waals surface area contributed by atoms with Gasteiger partial charge < -0.3 is 9.64 Å². The van der Waals surface area contributed by atoms with E-state index >= 15 is 0 Å². The Balaban J connectivity index is 1.11. The minimum atomic E-state index is 0.144. The number of likely N-dealkylation sites (tertiary alicyclic amines) is 1. The molecule has 0 unspecified atom stereocenters. The molecule has 1 aromatic carbocycles. The number of pyridine rings is 1. The molecule has 8 heteroatoms. The molecule has 2 atom stereocenters. The van der Waals surface area contributed by atoms with E-state index in [1.807, 2.05) is 12.1 Å². The zero-order valence-corrected chi connectivity index (χ0v) is 20.6. The van der Waals surface area contributed by atoms with Gasteiger partial charge in [-0.05, 0) is 49.7 Å². The molecule has 182 valence electrons. The average Bonchev–Trinajstić information content (AvgIpc) is 3.27. The highest BCUT2D eigenvalue weighted by Gasteiger charge is 2.35. The Morgan fingerprint density at radius 1 is 1.14 bits per heavy atom. The Hall–Kier alpha value is -2.99. The van der Waals surface area contributed by atoms with Gasteiger partial charge >= 0.3 is 0 Å². The first-order valence-corrected chi connectivity index (χ1v) is 12.8. The number of nitrogens with zero attached hydrogens (tertiary/aromatic N) is 7. The van der Waals surface area contributed by atoms with Gasteiger partial charge in [-0.1, -0.05) is 6.92 Å². The summed E-state index contributed by atoms with van der Waals surface area (Å²) in [5.41, 5.74) is 5.23. The fourth-order valence-corrected chi connectivity index (χ4v) is 5.85. The summed E-state index contributed by atoms with van der Waals surface area (Å²) in [7, 11) is 0. The lowest BCUT2D eigenvalue weighted by Crippen LogP contribution is -2.56. The standard InChI is InChI=1S/C27H33N7O/c1-3-31-10-8-21-13-34(30-25(21)18-31)22-14-32(15-22)16-23-17-33(12-19(2)35-23)26-7-6-20(11-28)27-24(26)5-4-9-29-27/h4-7,9,13,19,22-23H,3,8,10,12,14-18H2,1-2H3/t19-,23+/m1/s1. The third kappa shape index (κ3) is 4.29. The van der Waals surface area contributed by atoms with Gasteiger partial charge in [0.15, 0.2) is 0 Å².